The van der Waals surface area contributed by atoms with Gasteiger partial charge in [0.2, 0.25) is 0 Å². The van der Waals surface area contributed by atoms with E-state index in [2.05, 4.69) is 35.1 Å². The number of nitrogens with zero attached hydrogens (tertiary/aromatic N) is 6. The van der Waals surface area contributed by atoms with Crippen molar-refractivity contribution in [2.24, 2.45) is 5.92 Å². The molecule has 1 aliphatic heterocycles. The van der Waals surface area contributed by atoms with E-state index in [1.54, 1.807) is 18.7 Å². The number of rotatable bonds is 5. The minimum absolute atomic E-state index is 0.0249. The summed E-state index contributed by atoms with van der Waals surface area (Å²) in [7, 11) is 4.07. The summed E-state index contributed by atoms with van der Waals surface area (Å²) in [5.41, 5.74) is 0.335. The SMILES string of the molecule is CN(C)C[C@@H]1CN(c2ccncn2)C[C@H]1NC(=O)c1cnccn1. The molecule has 2 aromatic heterocycles. The first-order valence-electron chi connectivity index (χ1n) is 7.86. The van der Waals surface area contributed by atoms with Gasteiger partial charge >= 0.3 is 0 Å². The predicted molar refractivity (Wildman–Crippen MR) is 89.6 cm³/mol. The summed E-state index contributed by atoms with van der Waals surface area (Å²) in [6, 6.07) is 1.91. The minimum Gasteiger partial charge on any atom is -0.354 e. The zero-order valence-corrected chi connectivity index (χ0v) is 13.8. The lowest BCUT2D eigenvalue weighted by atomic mass is 10.0. The smallest absolute Gasteiger partial charge is 0.271 e. The second kappa shape index (κ2) is 7.31. The highest BCUT2D eigenvalue weighted by Crippen LogP contribution is 2.22. The molecule has 1 amide bonds. The van der Waals surface area contributed by atoms with Gasteiger partial charge in [-0.05, 0) is 20.2 Å². The summed E-state index contributed by atoms with van der Waals surface area (Å²) in [4.78, 5) is 33.0. The molecule has 126 valence electrons. The van der Waals surface area contributed by atoms with Gasteiger partial charge in [0.1, 0.15) is 17.8 Å². The molecule has 3 rings (SSSR count). The number of nitrogens with one attached hydrogen (secondary N) is 1. The normalized spacial score (nSPS) is 20.4. The maximum absolute atomic E-state index is 12.4. The summed E-state index contributed by atoms with van der Waals surface area (Å²) < 4.78 is 0. The van der Waals surface area contributed by atoms with Gasteiger partial charge in [-0.3, -0.25) is 9.78 Å². The molecule has 2 atom stereocenters. The van der Waals surface area contributed by atoms with Crippen LogP contribution in [-0.4, -0.2) is 70.5 Å². The third kappa shape index (κ3) is 3.83. The summed E-state index contributed by atoms with van der Waals surface area (Å²) in [5.74, 6) is 0.988. The fourth-order valence-corrected chi connectivity index (χ4v) is 3.01. The Morgan fingerprint density at radius 1 is 1.25 bits per heavy atom. The highest BCUT2D eigenvalue weighted by molar-refractivity contribution is 5.92. The summed E-state index contributed by atoms with van der Waals surface area (Å²) in [6.07, 6.45) is 7.83. The Labute approximate surface area is 141 Å². The molecule has 0 bridgehead atoms. The van der Waals surface area contributed by atoms with Gasteiger partial charge in [-0.15, -0.1) is 0 Å². The van der Waals surface area contributed by atoms with E-state index in [1.165, 1.54) is 12.4 Å². The number of amides is 1. The molecule has 0 aromatic carbocycles. The second-order valence-electron chi connectivity index (χ2n) is 6.17. The van der Waals surface area contributed by atoms with Gasteiger partial charge in [0.05, 0.1) is 12.2 Å². The van der Waals surface area contributed by atoms with Crippen LogP contribution < -0.4 is 10.2 Å². The Morgan fingerprint density at radius 3 is 2.79 bits per heavy atom. The third-order valence-electron chi connectivity index (χ3n) is 4.04. The standard InChI is InChI=1S/C16H21N7O/c1-22(2)8-12-9-23(15-3-4-18-11-20-15)10-14(12)21-16(24)13-7-17-5-6-19-13/h3-7,11-12,14H,8-10H2,1-2H3,(H,21,24)/t12-,14-/m1/s1. The Bertz CT molecular complexity index is 665. The Balaban J connectivity index is 1.72. The van der Waals surface area contributed by atoms with Gasteiger partial charge in [-0.2, -0.15) is 0 Å². The van der Waals surface area contributed by atoms with Gasteiger partial charge < -0.3 is 15.1 Å². The fourth-order valence-electron chi connectivity index (χ4n) is 3.01. The van der Waals surface area contributed by atoms with Gasteiger partial charge in [0.25, 0.3) is 5.91 Å². The Morgan fingerprint density at radius 2 is 2.12 bits per heavy atom. The van der Waals surface area contributed by atoms with Crippen molar-refractivity contribution in [2.75, 3.05) is 38.6 Å². The van der Waals surface area contributed by atoms with Crippen LogP contribution in [0.4, 0.5) is 5.82 Å². The predicted octanol–water partition coefficient (Wildman–Crippen LogP) is 0.0630. The van der Waals surface area contributed by atoms with E-state index in [4.69, 9.17) is 0 Å². The van der Waals surface area contributed by atoms with Crippen molar-refractivity contribution < 1.29 is 4.79 Å². The molecule has 0 unspecified atom stereocenters. The molecule has 1 saturated heterocycles. The van der Waals surface area contributed by atoms with Crippen LogP contribution in [0.2, 0.25) is 0 Å². The molecule has 8 nitrogen and oxygen atoms in total. The van der Waals surface area contributed by atoms with Crippen molar-refractivity contribution in [2.45, 2.75) is 6.04 Å². The molecule has 3 heterocycles. The quantitative estimate of drug-likeness (QED) is 0.831. The molecule has 0 radical (unpaired) electrons. The lowest BCUT2D eigenvalue weighted by molar-refractivity contribution is 0.0922. The van der Waals surface area contributed by atoms with Crippen molar-refractivity contribution in [1.29, 1.82) is 0 Å². The van der Waals surface area contributed by atoms with Gasteiger partial charge in [-0.1, -0.05) is 0 Å². The van der Waals surface area contributed by atoms with Crippen LogP contribution in [0.25, 0.3) is 0 Å². The van der Waals surface area contributed by atoms with E-state index >= 15 is 0 Å². The van der Waals surface area contributed by atoms with Crippen molar-refractivity contribution >= 4 is 11.7 Å². The van der Waals surface area contributed by atoms with Crippen LogP contribution in [0.3, 0.4) is 0 Å². The van der Waals surface area contributed by atoms with Crippen molar-refractivity contribution in [3.8, 4) is 0 Å². The molecule has 0 spiro atoms. The molecule has 2 aromatic rings. The van der Waals surface area contributed by atoms with Crippen LogP contribution in [0.1, 0.15) is 10.5 Å². The van der Waals surface area contributed by atoms with Gasteiger partial charge in [-0.25, -0.2) is 15.0 Å². The molecule has 0 aliphatic carbocycles. The first kappa shape index (κ1) is 16.3. The van der Waals surface area contributed by atoms with Crippen molar-refractivity contribution in [3.63, 3.8) is 0 Å². The Hall–Kier alpha value is -2.61. The first-order valence-corrected chi connectivity index (χ1v) is 7.86. The molecule has 24 heavy (non-hydrogen) atoms. The van der Waals surface area contributed by atoms with Crippen LogP contribution in [0.5, 0.6) is 0 Å². The Kier molecular flexibility index (Phi) is 4.95. The number of hydrogen-bond donors (Lipinski definition) is 1. The highest BCUT2D eigenvalue weighted by atomic mass is 16.2. The highest BCUT2D eigenvalue weighted by Gasteiger charge is 2.35. The number of anilines is 1. The van der Waals surface area contributed by atoms with E-state index in [0.29, 0.717) is 18.2 Å². The number of carbonyl (C=O) groups excluding carboxylic acids is 1. The number of aromatic nitrogens is 4. The lowest BCUT2D eigenvalue weighted by Gasteiger charge is -2.22. The second-order valence-corrected chi connectivity index (χ2v) is 6.17. The van der Waals surface area contributed by atoms with E-state index in [-0.39, 0.29) is 11.9 Å². The monoisotopic (exact) mass is 327 g/mol. The topological polar surface area (TPSA) is 87.1 Å². The maximum Gasteiger partial charge on any atom is 0.271 e. The first-order chi connectivity index (χ1) is 11.6. The fraction of sp³-hybridized carbons (Fsp3) is 0.438. The third-order valence-corrected chi connectivity index (χ3v) is 4.04. The largest absolute Gasteiger partial charge is 0.354 e. The summed E-state index contributed by atoms with van der Waals surface area (Å²) >= 11 is 0. The van der Waals surface area contributed by atoms with Gasteiger partial charge in [0.15, 0.2) is 0 Å². The average molecular weight is 327 g/mol. The van der Waals surface area contributed by atoms with Gasteiger partial charge in [0, 0.05) is 44.1 Å². The summed E-state index contributed by atoms with van der Waals surface area (Å²) in [5, 5.41) is 3.10. The lowest BCUT2D eigenvalue weighted by Crippen LogP contribution is -2.43. The van der Waals surface area contributed by atoms with Crippen molar-refractivity contribution in [3.05, 3.63) is 42.9 Å². The molecular weight excluding hydrogens is 306 g/mol. The number of hydrogen-bond acceptors (Lipinski definition) is 7. The molecular formula is C16H21N7O. The molecule has 1 N–H and O–H groups in total. The van der Waals surface area contributed by atoms with Crippen LogP contribution in [-0.2, 0) is 0 Å². The molecule has 8 heteroatoms. The molecule has 1 aliphatic rings. The molecule has 1 fully saturated rings. The van der Waals surface area contributed by atoms with Crippen LogP contribution in [0, 0.1) is 5.92 Å². The van der Waals surface area contributed by atoms with Crippen molar-refractivity contribution in [1.82, 2.24) is 30.2 Å². The number of carbonyl (C=O) groups is 1. The van der Waals surface area contributed by atoms with E-state index in [1.807, 2.05) is 20.2 Å². The average Bonchev–Trinajstić information content (AvgIpc) is 2.98. The molecule has 0 saturated carbocycles. The summed E-state index contributed by atoms with van der Waals surface area (Å²) in [6.45, 7) is 2.43. The zero-order valence-electron chi connectivity index (χ0n) is 13.8. The van der Waals surface area contributed by atoms with E-state index < -0.39 is 0 Å². The van der Waals surface area contributed by atoms with Crippen LogP contribution in [0.15, 0.2) is 37.2 Å². The van der Waals surface area contributed by atoms with E-state index in [0.717, 1.165) is 18.9 Å². The minimum atomic E-state index is -0.193. The zero-order chi connectivity index (χ0) is 16.9. The maximum atomic E-state index is 12.4. The van der Waals surface area contributed by atoms with Crippen LogP contribution >= 0.6 is 0 Å². The van der Waals surface area contributed by atoms with E-state index in [9.17, 15) is 4.79 Å².